The summed E-state index contributed by atoms with van der Waals surface area (Å²) in [6.07, 6.45) is 1.59. The normalized spacial score (nSPS) is 10.9. The summed E-state index contributed by atoms with van der Waals surface area (Å²) in [5, 5.41) is 7.82. The fraction of sp³-hybridized carbons (Fsp3) is 0.385. The lowest BCUT2D eigenvalue weighted by Gasteiger charge is -2.13. The zero-order chi connectivity index (χ0) is 24.5. The predicted molar refractivity (Wildman–Crippen MR) is 132 cm³/mol. The Balaban J connectivity index is 1.93. The Morgan fingerprint density at radius 3 is 2.38 bits per heavy atom. The molecule has 0 spiro atoms. The van der Waals surface area contributed by atoms with Gasteiger partial charge in [0.2, 0.25) is 11.8 Å². The van der Waals surface area contributed by atoms with Crippen molar-refractivity contribution in [2.24, 2.45) is 0 Å². The molecule has 1 N–H and O–H groups in total. The molecular weight excluding hydrogens is 432 g/mol. The third kappa shape index (κ3) is 6.51. The van der Waals surface area contributed by atoms with Gasteiger partial charge in [0, 0.05) is 31.1 Å². The van der Waals surface area contributed by atoms with E-state index in [1.807, 2.05) is 67.5 Å². The van der Waals surface area contributed by atoms with Crippen LogP contribution in [0.25, 0.3) is 5.69 Å². The quantitative estimate of drug-likeness (QED) is 0.437. The van der Waals surface area contributed by atoms with Crippen molar-refractivity contribution in [2.75, 3.05) is 41.4 Å². The molecule has 1 aromatic heterocycles. The smallest absolute Gasteiger partial charge is 0.226 e. The second kappa shape index (κ2) is 12.1. The first-order valence-electron chi connectivity index (χ1n) is 11.4. The van der Waals surface area contributed by atoms with Crippen LogP contribution in [0.15, 0.2) is 48.5 Å². The molecule has 0 fully saturated rings. The summed E-state index contributed by atoms with van der Waals surface area (Å²) >= 11 is 0. The Morgan fingerprint density at radius 2 is 1.74 bits per heavy atom. The van der Waals surface area contributed by atoms with Gasteiger partial charge in [-0.25, -0.2) is 4.68 Å². The van der Waals surface area contributed by atoms with E-state index in [1.54, 1.807) is 18.9 Å². The van der Waals surface area contributed by atoms with Crippen molar-refractivity contribution >= 4 is 5.91 Å². The molecule has 2 aromatic carbocycles. The van der Waals surface area contributed by atoms with Crippen molar-refractivity contribution in [3.63, 3.8) is 0 Å². The van der Waals surface area contributed by atoms with Crippen molar-refractivity contribution < 1.29 is 19.0 Å². The van der Waals surface area contributed by atoms with Gasteiger partial charge < -0.3 is 24.4 Å². The lowest BCUT2D eigenvalue weighted by Crippen LogP contribution is -2.31. The minimum absolute atomic E-state index is 0.00781. The van der Waals surface area contributed by atoms with Crippen LogP contribution in [0.1, 0.15) is 24.6 Å². The van der Waals surface area contributed by atoms with Gasteiger partial charge >= 0.3 is 0 Å². The number of carbonyl (C=O) groups is 1. The van der Waals surface area contributed by atoms with Crippen molar-refractivity contribution in [1.29, 1.82) is 0 Å². The number of carbonyl (C=O) groups excluding carboxylic acids is 1. The number of rotatable bonds is 12. The van der Waals surface area contributed by atoms with E-state index >= 15 is 0 Å². The highest BCUT2D eigenvalue weighted by Crippen LogP contribution is 2.33. The molecule has 3 aromatic rings. The Hall–Kier alpha value is -3.52. The minimum atomic E-state index is 0.00781. The number of methoxy groups -OCH3 is 2. The Morgan fingerprint density at radius 1 is 1.03 bits per heavy atom. The average molecular weight is 467 g/mol. The molecule has 3 rings (SSSR count). The molecular formula is C26H34N4O4. The maximum absolute atomic E-state index is 12.5. The van der Waals surface area contributed by atoms with Gasteiger partial charge in [0.1, 0.15) is 17.2 Å². The zero-order valence-electron chi connectivity index (χ0n) is 20.6. The van der Waals surface area contributed by atoms with Crippen LogP contribution in [0.4, 0.5) is 0 Å². The first-order valence-corrected chi connectivity index (χ1v) is 11.4. The molecule has 0 bridgehead atoms. The molecule has 34 heavy (non-hydrogen) atoms. The van der Waals surface area contributed by atoms with E-state index < -0.39 is 0 Å². The number of hydrogen-bond acceptors (Lipinski definition) is 6. The molecule has 0 aliphatic carbocycles. The van der Waals surface area contributed by atoms with Gasteiger partial charge in [-0.1, -0.05) is 13.0 Å². The van der Waals surface area contributed by atoms with Crippen LogP contribution in [0, 0.1) is 0 Å². The number of ether oxygens (including phenoxy) is 3. The summed E-state index contributed by atoms with van der Waals surface area (Å²) in [4.78, 5) is 14.5. The van der Waals surface area contributed by atoms with E-state index in [0.29, 0.717) is 36.8 Å². The fourth-order valence-corrected chi connectivity index (χ4v) is 3.54. The molecule has 8 nitrogen and oxygen atoms in total. The van der Waals surface area contributed by atoms with Gasteiger partial charge in [-0.15, -0.1) is 0 Å². The van der Waals surface area contributed by atoms with E-state index in [4.69, 9.17) is 19.3 Å². The minimum Gasteiger partial charge on any atom is -0.497 e. The van der Waals surface area contributed by atoms with Crippen LogP contribution >= 0.6 is 0 Å². The number of nitrogens with zero attached hydrogens (tertiary/aromatic N) is 3. The summed E-state index contributed by atoms with van der Waals surface area (Å²) in [6, 6.07) is 15.1. The predicted octanol–water partition coefficient (Wildman–Crippen LogP) is 3.85. The van der Waals surface area contributed by atoms with E-state index in [-0.39, 0.29) is 5.91 Å². The maximum atomic E-state index is 12.5. The zero-order valence-corrected chi connectivity index (χ0v) is 20.6. The molecule has 0 aliphatic rings. The Labute approximate surface area is 201 Å². The van der Waals surface area contributed by atoms with Crippen LogP contribution in [0.3, 0.4) is 0 Å². The number of amides is 1. The van der Waals surface area contributed by atoms with Crippen molar-refractivity contribution in [2.45, 2.75) is 26.2 Å². The summed E-state index contributed by atoms with van der Waals surface area (Å²) in [7, 11) is 7.22. The second-order valence-corrected chi connectivity index (χ2v) is 8.13. The molecule has 1 heterocycles. The number of hydrogen-bond donors (Lipinski definition) is 1. The maximum Gasteiger partial charge on any atom is 0.226 e. The van der Waals surface area contributed by atoms with Crippen LogP contribution in [-0.2, 0) is 17.6 Å². The van der Waals surface area contributed by atoms with Crippen LogP contribution in [0.2, 0.25) is 0 Å². The number of aromatic nitrogens is 2. The fourth-order valence-electron chi connectivity index (χ4n) is 3.54. The molecule has 182 valence electrons. The third-order valence-electron chi connectivity index (χ3n) is 5.41. The molecule has 1 amide bonds. The monoisotopic (exact) mass is 466 g/mol. The van der Waals surface area contributed by atoms with E-state index in [2.05, 4.69) is 12.2 Å². The van der Waals surface area contributed by atoms with Gasteiger partial charge in [-0.2, -0.15) is 5.10 Å². The largest absolute Gasteiger partial charge is 0.497 e. The summed E-state index contributed by atoms with van der Waals surface area (Å²) < 4.78 is 18.8. The van der Waals surface area contributed by atoms with Crippen molar-refractivity contribution in [3.05, 3.63) is 59.8 Å². The number of likely N-dealkylation sites (N-methyl/N-ethyl adjacent to an activating group) is 1. The Bertz CT molecular complexity index is 1080. The van der Waals surface area contributed by atoms with Gasteiger partial charge in [0.15, 0.2) is 0 Å². The van der Waals surface area contributed by atoms with Crippen molar-refractivity contribution in [1.82, 2.24) is 20.0 Å². The molecule has 0 radical (unpaired) electrons. The van der Waals surface area contributed by atoms with E-state index in [9.17, 15) is 4.79 Å². The number of aryl methyl sites for hydroxylation is 1. The molecule has 0 aliphatic heterocycles. The molecule has 0 atom stereocenters. The summed E-state index contributed by atoms with van der Waals surface area (Å²) in [5.41, 5.74) is 2.66. The van der Waals surface area contributed by atoms with Crippen LogP contribution in [-0.4, -0.2) is 62.0 Å². The number of nitrogens with one attached hydrogen (secondary N) is 1. The molecule has 8 heteroatoms. The highest BCUT2D eigenvalue weighted by Gasteiger charge is 2.21. The second-order valence-electron chi connectivity index (χ2n) is 8.13. The summed E-state index contributed by atoms with van der Waals surface area (Å²) in [5.74, 6) is 2.69. The molecule has 0 unspecified atom stereocenters. The average Bonchev–Trinajstić information content (AvgIpc) is 3.19. The highest BCUT2D eigenvalue weighted by molar-refractivity contribution is 5.76. The SMILES string of the molecule is CCc1nn(-c2ccc(OC)cc2)c(Oc2cccc(OC)c2)c1CCC(=O)NCCN(C)C. The first-order chi connectivity index (χ1) is 16.4. The summed E-state index contributed by atoms with van der Waals surface area (Å²) in [6.45, 7) is 3.47. The number of benzene rings is 2. The highest BCUT2D eigenvalue weighted by atomic mass is 16.5. The molecule has 0 saturated carbocycles. The lowest BCUT2D eigenvalue weighted by molar-refractivity contribution is -0.121. The van der Waals surface area contributed by atoms with Gasteiger partial charge in [0.25, 0.3) is 0 Å². The van der Waals surface area contributed by atoms with Gasteiger partial charge in [-0.05, 0) is 63.3 Å². The molecule has 0 saturated heterocycles. The van der Waals surface area contributed by atoms with Crippen molar-refractivity contribution in [3.8, 4) is 28.8 Å². The van der Waals surface area contributed by atoms with Gasteiger partial charge in [0.05, 0.1) is 25.6 Å². The van der Waals surface area contributed by atoms with E-state index in [0.717, 1.165) is 35.7 Å². The van der Waals surface area contributed by atoms with Gasteiger partial charge in [-0.3, -0.25) is 4.79 Å². The first kappa shape index (κ1) is 25.1. The third-order valence-corrected chi connectivity index (χ3v) is 5.41. The standard InChI is InChI=1S/C26H34N4O4/c1-6-24-23(14-15-25(31)27-16-17-29(2)3)26(34-22-9-7-8-21(18-22)33-5)30(28-24)19-10-12-20(32-4)13-11-19/h7-13,18H,6,14-17H2,1-5H3,(H,27,31). The van der Waals surface area contributed by atoms with Crippen LogP contribution < -0.4 is 19.5 Å². The lowest BCUT2D eigenvalue weighted by atomic mass is 10.1. The van der Waals surface area contributed by atoms with Crippen LogP contribution in [0.5, 0.6) is 23.1 Å². The Kier molecular flexibility index (Phi) is 8.93. The van der Waals surface area contributed by atoms with E-state index in [1.165, 1.54) is 0 Å². The topological polar surface area (TPSA) is 77.8 Å².